The van der Waals surface area contributed by atoms with Gasteiger partial charge in [0, 0.05) is 65.8 Å². The molecule has 9 aromatic carbocycles. The molecular formula is C66H62N4S2. The molecule has 0 N–H and O–H groups in total. The van der Waals surface area contributed by atoms with Gasteiger partial charge in [-0.1, -0.05) is 100 Å². The van der Waals surface area contributed by atoms with E-state index in [1.807, 2.05) is 0 Å². The van der Waals surface area contributed by atoms with Gasteiger partial charge in [-0.3, -0.25) is 0 Å². The molecule has 358 valence electrons. The molecule has 0 spiro atoms. The fraction of sp³-hybridized carbons (Fsp3) is 0.182. The van der Waals surface area contributed by atoms with E-state index in [9.17, 15) is 0 Å². The summed E-state index contributed by atoms with van der Waals surface area (Å²) in [6, 6.07) is 69.8. The minimum atomic E-state index is -0.877. The Kier molecular flexibility index (Phi) is 10.1. The van der Waals surface area contributed by atoms with E-state index in [0.29, 0.717) is 11.8 Å². The highest BCUT2D eigenvalue weighted by Gasteiger charge is 2.27. The monoisotopic (exact) mass is 974 g/mol. The van der Waals surface area contributed by atoms with Crippen LogP contribution in [0.25, 0.3) is 76.2 Å². The third-order valence-electron chi connectivity index (χ3n) is 15.5. The van der Waals surface area contributed by atoms with Crippen molar-refractivity contribution in [2.24, 2.45) is 0 Å². The lowest BCUT2D eigenvalue weighted by molar-refractivity contribution is 0.866. The normalized spacial score (nSPS) is 13.3. The van der Waals surface area contributed by atoms with Gasteiger partial charge in [-0.2, -0.15) is 0 Å². The summed E-state index contributed by atoms with van der Waals surface area (Å²) in [6.07, 6.45) is 14.2. The Hall–Kier alpha value is -7.12. The van der Waals surface area contributed by atoms with Gasteiger partial charge in [0.05, 0.1) is 44.5 Å². The van der Waals surface area contributed by atoms with Crippen LogP contribution >= 0.6 is 20.1 Å². The van der Waals surface area contributed by atoms with Crippen LogP contribution in [0.3, 0.4) is 0 Å². The van der Waals surface area contributed by atoms with E-state index < -0.39 is 20.1 Å². The Bertz CT molecular complexity index is 3930. The topological polar surface area (TPSA) is 15.3 Å². The van der Waals surface area contributed by atoms with Crippen molar-refractivity contribution < 1.29 is 0 Å². The number of rotatable bonds is 10. The van der Waals surface area contributed by atoms with Gasteiger partial charge in [0.1, 0.15) is 0 Å². The molecule has 6 heteroatoms. The first-order valence-electron chi connectivity index (χ1n) is 25.3. The SMILES string of the molecule is CC(C)c1ccc(N(c2ccc(S(C)(C)C)cc2)c2cccc3c2c2cccc4c5cc6c(cc5n3c42)c2cccc3c4c(N(c5ccc(C(C)C)cc5)c5ccc(S(C)(C)C)cc5)cccc4n6c23)cc1. The van der Waals surface area contributed by atoms with Crippen LogP contribution in [0.5, 0.6) is 0 Å². The van der Waals surface area contributed by atoms with Gasteiger partial charge in [0.2, 0.25) is 0 Å². The Morgan fingerprint density at radius 2 is 0.653 bits per heavy atom. The van der Waals surface area contributed by atoms with Gasteiger partial charge in [-0.25, -0.2) is 20.1 Å². The predicted octanol–water partition coefficient (Wildman–Crippen LogP) is 19.3. The lowest BCUT2D eigenvalue weighted by atomic mass is 10.0. The van der Waals surface area contributed by atoms with Crippen LogP contribution in [-0.4, -0.2) is 46.3 Å². The molecule has 0 fully saturated rings. The summed E-state index contributed by atoms with van der Waals surface area (Å²) < 4.78 is 5.12. The Morgan fingerprint density at radius 1 is 0.333 bits per heavy atom. The summed E-state index contributed by atoms with van der Waals surface area (Å²) in [4.78, 5) is 7.78. The van der Waals surface area contributed by atoms with Crippen molar-refractivity contribution in [3.8, 4) is 0 Å². The Labute approximate surface area is 426 Å². The molecule has 0 amide bonds. The van der Waals surface area contributed by atoms with Crippen molar-refractivity contribution in [1.29, 1.82) is 0 Å². The maximum absolute atomic E-state index is 2.56. The van der Waals surface area contributed by atoms with Gasteiger partial charge >= 0.3 is 0 Å². The van der Waals surface area contributed by atoms with Crippen molar-refractivity contribution in [2.45, 2.75) is 49.3 Å². The summed E-state index contributed by atoms with van der Waals surface area (Å²) in [5.41, 5.74) is 17.2. The number of fused-ring (bicyclic) bond motifs is 12. The molecule has 13 rings (SSSR count). The summed E-state index contributed by atoms with van der Waals surface area (Å²) in [5, 5.41) is 10.2. The van der Waals surface area contributed by atoms with Crippen molar-refractivity contribution in [2.75, 3.05) is 47.3 Å². The zero-order valence-electron chi connectivity index (χ0n) is 43.1. The first-order chi connectivity index (χ1) is 34.7. The van der Waals surface area contributed by atoms with E-state index in [1.54, 1.807) is 0 Å². The summed E-state index contributed by atoms with van der Waals surface area (Å²) in [6.45, 7) is 9.08. The fourth-order valence-corrected chi connectivity index (χ4v) is 13.7. The zero-order valence-corrected chi connectivity index (χ0v) is 44.7. The van der Waals surface area contributed by atoms with E-state index in [4.69, 9.17) is 0 Å². The molecule has 4 aromatic heterocycles. The number of para-hydroxylation sites is 2. The average Bonchev–Trinajstić information content (AvgIpc) is 4.10. The molecule has 0 unspecified atom stereocenters. The van der Waals surface area contributed by atoms with Crippen molar-refractivity contribution >= 4 is 130 Å². The van der Waals surface area contributed by atoms with Gasteiger partial charge in [0.15, 0.2) is 0 Å². The van der Waals surface area contributed by atoms with E-state index >= 15 is 0 Å². The van der Waals surface area contributed by atoms with Gasteiger partial charge in [0.25, 0.3) is 0 Å². The third kappa shape index (κ3) is 6.75. The number of anilines is 6. The van der Waals surface area contributed by atoms with E-state index in [2.05, 4.69) is 266 Å². The minimum absolute atomic E-state index is 0.457. The van der Waals surface area contributed by atoms with Crippen LogP contribution in [0.1, 0.15) is 50.7 Å². The van der Waals surface area contributed by atoms with Gasteiger partial charge < -0.3 is 18.6 Å². The summed E-state index contributed by atoms with van der Waals surface area (Å²) >= 11 is 0. The number of nitrogens with zero attached hydrogens (tertiary/aromatic N) is 4. The molecule has 0 saturated carbocycles. The maximum Gasteiger partial charge on any atom is 0.0621 e. The average molecular weight is 975 g/mol. The highest BCUT2D eigenvalue weighted by Crippen LogP contribution is 2.52. The second-order valence-electron chi connectivity index (χ2n) is 22.1. The predicted molar refractivity (Wildman–Crippen MR) is 321 cm³/mol. The number of hydrogen-bond acceptors (Lipinski definition) is 2. The molecule has 13 aromatic rings. The molecular weight excluding hydrogens is 913 g/mol. The summed E-state index contributed by atoms with van der Waals surface area (Å²) in [7, 11) is -1.75. The number of hydrogen-bond donors (Lipinski definition) is 0. The maximum atomic E-state index is 2.56. The molecule has 0 aliphatic heterocycles. The number of benzene rings is 9. The standard InChI is InChI=1S/C66H62N4S2/c1-41(2)43-23-27-45(28-24-43)67(47-31-35-49(36-32-47)71(5,6)7)57-19-13-21-59-63(57)53-17-11-15-51-55-40-62-56(39-61(55)69(59)65(51)53)52-16-12-18-54-64-58(20-14-22-60(64)70(62)66(52)54)68(46-29-25-44(26-30-46)42(3)4)48-33-37-50(38-34-48)72(8,9)10/h11-42H,1-10H3. The summed E-state index contributed by atoms with van der Waals surface area (Å²) in [5.74, 6) is 0.914. The van der Waals surface area contributed by atoms with Crippen molar-refractivity contribution in [3.63, 3.8) is 0 Å². The largest absolute Gasteiger partial charge is 0.310 e. The lowest BCUT2D eigenvalue weighted by Crippen LogP contribution is -2.11. The second kappa shape index (κ2) is 16.2. The van der Waals surface area contributed by atoms with Crippen LogP contribution < -0.4 is 9.80 Å². The highest BCUT2D eigenvalue weighted by molar-refractivity contribution is 8.32. The molecule has 0 aliphatic rings. The van der Waals surface area contributed by atoms with Crippen LogP contribution in [0.15, 0.2) is 192 Å². The molecule has 0 aliphatic carbocycles. The van der Waals surface area contributed by atoms with Crippen molar-refractivity contribution in [1.82, 2.24) is 8.80 Å². The first-order valence-corrected chi connectivity index (χ1v) is 31.1. The minimum Gasteiger partial charge on any atom is -0.310 e. The number of aromatic nitrogens is 2. The van der Waals surface area contributed by atoms with E-state index in [1.165, 1.54) is 108 Å². The fourth-order valence-electron chi connectivity index (χ4n) is 11.8. The molecule has 0 bridgehead atoms. The van der Waals surface area contributed by atoms with Gasteiger partial charge in [-0.15, -0.1) is 0 Å². The molecule has 72 heavy (non-hydrogen) atoms. The molecule has 4 heterocycles. The molecule has 0 radical (unpaired) electrons. The smallest absolute Gasteiger partial charge is 0.0621 e. The zero-order chi connectivity index (χ0) is 49.5. The van der Waals surface area contributed by atoms with Crippen LogP contribution in [-0.2, 0) is 0 Å². The molecule has 0 saturated heterocycles. The first kappa shape index (κ1) is 44.8. The quantitative estimate of drug-likeness (QED) is 0.136. The lowest BCUT2D eigenvalue weighted by Gasteiger charge is -2.29. The van der Waals surface area contributed by atoms with Crippen molar-refractivity contribution in [3.05, 3.63) is 193 Å². The molecule has 0 atom stereocenters. The molecule has 4 nitrogen and oxygen atoms in total. The Morgan fingerprint density at radius 3 is 0.986 bits per heavy atom. The third-order valence-corrected chi connectivity index (χ3v) is 18.9. The Balaban J connectivity index is 1.04. The van der Waals surface area contributed by atoms with E-state index in [0.717, 1.165) is 22.7 Å². The highest BCUT2D eigenvalue weighted by atomic mass is 32.3. The van der Waals surface area contributed by atoms with Crippen LogP contribution in [0.4, 0.5) is 34.1 Å². The van der Waals surface area contributed by atoms with Crippen LogP contribution in [0, 0.1) is 0 Å². The van der Waals surface area contributed by atoms with E-state index in [-0.39, 0.29) is 0 Å². The van der Waals surface area contributed by atoms with Crippen LogP contribution in [0.2, 0.25) is 0 Å². The second-order valence-corrected chi connectivity index (χ2v) is 30.4. The van der Waals surface area contributed by atoms with Gasteiger partial charge in [-0.05, 0) is 179 Å².